The van der Waals surface area contributed by atoms with Gasteiger partial charge in [-0.25, -0.2) is 0 Å². The molecule has 9 heteroatoms. The Morgan fingerprint density at radius 3 is 2.60 bits per heavy atom. The van der Waals surface area contributed by atoms with Crippen LogP contribution in [0.15, 0.2) is 18.3 Å². The number of carbonyl (C=O) groups excluding carboxylic acids is 1. The molecule has 15 heavy (non-hydrogen) atoms. The maximum atomic E-state index is 11.1. The molecule has 0 aliphatic carbocycles. The first-order chi connectivity index (χ1) is 7.99. The summed E-state index contributed by atoms with van der Waals surface area (Å²) in [4.78, 5) is 11.1. The minimum absolute atomic E-state index is 0.0152. The average Bonchev–Trinajstić information content (AvgIpc) is 2.14. The third-order valence-electron chi connectivity index (χ3n) is 0.918. The van der Waals surface area contributed by atoms with Crippen molar-refractivity contribution in [2.24, 2.45) is 0 Å². The molecule has 84 valence electrons. The molecule has 3 N–H and O–H groups in total. The number of aromatic nitrogens is 2. The largest absolute Gasteiger partial charge is 0.394 e. The molecule has 0 radical (unpaired) electrons. The second kappa shape index (κ2) is 6.01. The second-order valence-corrected chi connectivity index (χ2v) is 2.91. The van der Waals surface area contributed by atoms with E-state index in [4.69, 9.17) is 21.6 Å². The van der Waals surface area contributed by atoms with Crippen LogP contribution in [0.3, 0.4) is 0 Å². The fourth-order valence-corrected chi connectivity index (χ4v) is 0.487. The summed E-state index contributed by atoms with van der Waals surface area (Å²) in [6, 6.07) is 2.88. The van der Waals surface area contributed by atoms with E-state index in [1.807, 2.05) is 0 Å². The lowest BCUT2D eigenvalue weighted by atomic mass is 10.4. The van der Waals surface area contributed by atoms with Crippen LogP contribution in [0, 0.1) is 0 Å². The smallest absolute Gasteiger partial charge is 0.354 e. The number of hydrogen-bond donors (Lipinski definition) is 3. The van der Waals surface area contributed by atoms with Crippen molar-refractivity contribution < 1.29 is 26.4 Å². The van der Waals surface area contributed by atoms with Gasteiger partial charge in [0.05, 0.1) is 0 Å². The van der Waals surface area contributed by atoms with Crippen LogP contribution in [0.2, 0.25) is 0 Å². The van der Waals surface area contributed by atoms with Crippen molar-refractivity contribution in [1.82, 2.24) is 15.5 Å². The zero-order valence-corrected chi connectivity index (χ0v) is 7.97. The van der Waals surface area contributed by atoms with Gasteiger partial charge in [-0.1, -0.05) is 0 Å². The van der Waals surface area contributed by atoms with Crippen LogP contribution in [0.1, 0.15) is 14.6 Å². The van der Waals surface area contributed by atoms with Crippen molar-refractivity contribution in [2.45, 2.75) is 0 Å². The van der Waals surface area contributed by atoms with Gasteiger partial charge in [-0.3, -0.25) is 13.9 Å². The molecule has 1 aromatic heterocycles. The summed E-state index contributed by atoms with van der Waals surface area (Å²) in [6.45, 7) is -2.49. The van der Waals surface area contributed by atoms with Crippen LogP contribution < -0.4 is 5.32 Å². The molecule has 0 unspecified atom stereocenters. The van der Waals surface area contributed by atoms with E-state index in [1.165, 1.54) is 18.3 Å². The van der Waals surface area contributed by atoms with E-state index in [0.29, 0.717) is 0 Å². The highest BCUT2D eigenvalue weighted by Gasteiger charge is 2.01. The maximum absolute atomic E-state index is 11.1. The van der Waals surface area contributed by atoms with Crippen molar-refractivity contribution in [3.8, 4) is 0 Å². The Kier molecular flexibility index (Phi) is 3.49. The lowest BCUT2D eigenvalue weighted by molar-refractivity contribution is 0.0957. The minimum atomic E-state index is -4.67. The summed E-state index contributed by atoms with van der Waals surface area (Å²) in [5, 5.41) is 8.69. The van der Waals surface area contributed by atoms with E-state index >= 15 is 0 Å². The Morgan fingerprint density at radius 2 is 2.20 bits per heavy atom. The minimum Gasteiger partial charge on any atom is -0.354 e. The number of hydrogen-bond acceptors (Lipinski definition) is 5. The first kappa shape index (κ1) is 8.71. The van der Waals surface area contributed by atoms with Gasteiger partial charge in [0.1, 0.15) is 0 Å². The molecular formula is C6H9N3O5S. The topological polar surface area (TPSA) is 129 Å². The van der Waals surface area contributed by atoms with E-state index in [1.54, 1.807) is 5.32 Å². The highest BCUT2D eigenvalue weighted by molar-refractivity contribution is 7.79. The van der Waals surface area contributed by atoms with E-state index in [0.717, 1.165) is 0 Å². The van der Waals surface area contributed by atoms with Crippen LogP contribution >= 0.6 is 0 Å². The van der Waals surface area contributed by atoms with Gasteiger partial charge >= 0.3 is 10.4 Å². The Morgan fingerprint density at radius 1 is 1.60 bits per heavy atom. The molecule has 0 bridgehead atoms. The zero-order valence-electron chi connectivity index (χ0n) is 10.2. The fraction of sp³-hybridized carbons (Fsp3) is 0.167. The van der Waals surface area contributed by atoms with Gasteiger partial charge in [0.2, 0.25) is 0 Å². The number of carbonyl (C=O) groups is 1. The van der Waals surface area contributed by atoms with Crippen LogP contribution in [0.4, 0.5) is 0 Å². The first-order valence-corrected chi connectivity index (χ1v) is 4.69. The Hall–Kier alpha value is -1.58. The van der Waals surface area contributed by atoms with E-state index in [-0.39, 0.29) is 5.69 Å². The van der Waals surface area contributed by atoms with Crippen molar-refractivity contribution >= 4 is 16.3 Å². The number of nitrogens with zero attached hydrogens (tertiary/aromatic N) is 2. The van der Waals surface area contributed by atoms with Gasteiger partial charge in [0.25, 0.3) is 5.91 Å². The van der Waals surface area contributed by atoms with Gasteiger partial charge in [0.15, 0.2) is 5.69 Å². The Balaban J connectivity index is 0.000000494. The summed E-state index contributed by atoms with van der Waals surface area (Å²) in [5.41, 5.74) is -0.0152. The molecular weight excluding hydrogens is 226 g/mol. The van der Waals surface area contributed by atoms with Gasteiger partial charge in [-0.05, 0) is 12.1 Å². The first-order valence-electron chi connectivity index (χ1n) is 4.79. The van der Waals surface area contributed by atoms with Crippen LogP contribution in [-0.2, 0) is 10.4 Å². The summed E-state index contributed by atoms with van der Waals surface area (Å²) >= 11 is 0. The standard InChI is InChI=1S/C6H7N3O.H2O4S/c1-7-6(10)5-3-2-4-8-9-5;1-5(2,3)4/h2-4H,1H3,(H,7,10);(H2,1,2,3,4)/i1D3;. The molecule has 0 saturated heterocycles. The van der Waals surface area contributed by atoms with Gasteiger partial charge in [0, 0.05) is 17.3 Å². The quantitative estimate of drug-likeness (QED) is 0.545. The molecule has 1 aromatic rings. The number of rotatable bonds is 1. The fourth-order valence-electron chi connectivity index (χ4n) is 0.487. The van der Waals surface area contributed by atoms with E-state index in [9.17, 15) is 4.79 Å². The summed E-state index contributed by atoms with van der Waals surface area (Å²) in [6.07, 6.45) is 1.39. The molecule has 0 aliphatic heterocycles. The van der Waals surface area contributed by atoms with Crippen LogP contribution in [0.5, 0.6) is 0 Å². The molecule has 0 saturated carbocycles. The third-order valence-corrected chi connectivity index (χ3v) is 0.918. The second-order valence-electron chi connectivity index (χ2n) is 2.01. The Bertz CT molecular complexity index is 481. The van der Waals surface area contributed by atoms with Crippen LogP contribution in [-0.4, -0.2) is 40.6 Å². The summed E-state index contributed by atoms with van der Waals surface area (Å²) in [5.74, 6) is -0.756. The van der Waals surface area contributed by atoms with Gasteiger partial charge in [-0.2, -0.15) is 13.5 Å². The highest BCUT2D eigenvalue weighted by Crippen LogP contribution is 1.88. The molecule has 1 amide bonds. The van der Waals surface area contributed by atoms with Crippen molar-refractivity contribution in [3.63, 3.8) is 0 Å². The molecule has 8 nitrogen and oxygen atoms in total. The van der Waals surface area contributed by atoms with Gasteiger partial charge < -0.3 is 5.32 Å². The normalized spacial score (nSPS) is 13.6. The van der Waals surface area contributed by atoms with Gasteiger partial charge in [-0.15, -0.1) is 5.10 Å². The van der Waals surface area contributed by atoms with E-state index in [2.05, 4.69) is 10.2 Å². The predicted molar refractivity (Wildman–Crippen MR) is 49.6 cm³/mol. The number of amides is 1. The van der Waals surface area contributed by atoms with Crippen molar-refractivity contribution in [1.29, 1.82) is 0 Å². The van der Waals surface area contributed by atoms with Crippen molar-refractivity contribution in [2.75, 3.05) is 6.98 Å². The van der Waals surface area contributed by atoms with Crippen LogP contribution in [0.25, 0.3) is 0 Å². The lowest BCUT2D eigenvalue weighted by Gasteiger charge is -1.93. The zero-order chi connectivity index (χ0) is 14.4. The Labute approximate surface area is 90.1 Å². The molecule has 0 fully saturated rings. The lowest BCUT2D eigenvalue weighted by Crippen LogP contribution is -2.19. The molecule has 0 aliphatic rings. The molecule has 0 aromatic carbocycles. The predicted octanol–water partition coefficient (Wildman–Crippen LogP) is -0.817. The molecule has 0 atom stereocenters. The summed E-state index contributed by atoms with van der Waals surface area (Å²) < 4.78 is 51.9. The molecule has 0 spiro atoms. The van der Waals surface area contributed by atoms with Crippen molar-refractivity contribution in [3.05, 3.63) is 24.0 Å². The third kappa shape index (κ3) is 8.74. The monoisotopic (exact) mass is 238 g/mol. The van der Waals surface area contributed by atoms with E-state index < -0.39 is 23.3 Å². The average molecular weight is 238 g/mol. The maximum Gasteiger partial charge on any atom is 0.394 e. The SMILES string of the molecule is O=S(=O)(O)O.[2H]C([2H])([2H])NC(=O)c1cccnn1. The highest BCUT2D eigenvalue weighted by atomic mass is 32.3. The molecule has 1 rings (SSSR count). The molecule has 1 heterocycles. The number of nitrogens with one attached hydrogen (secondary N) is 1. The summed E-state index contributed by atoms with van der Waals surface area (Å²) in [7, 11) is -4.67.